The quantitative estimate of drug-likeness (QED) is 0.835. The average Bonchev–Trinajstić information content (AvgIpc) is 2.51. The van der Waals surface area contributed by atoms with Gasteiger partial charge in [0, 0.05) is 16.5 Å². The first-order chi connectivity index (χ1) is 7.68. The van der Waals surface area contributed by atoms with Crippen molar-refractivity contribution < 1.29 is 8.42 Å². The van der Waals surface area contributed by atoms with Gasteiger partial charge in [0.2, 0.25) is 0 Å². The molecule has 1 aliphatic rings. The smallest absolute Gasteiger partial charge is 0.150 e. The lowest BCUT2D eigenvalue weighted by molar-refractivity contribution is 0.486. The normalized spacial score (nSPS) is 26.0. The zero-order chi connectivity index (χ0) is 13.1. The Labute approximate surface area is 110 Å². The Morgan fingerprint density at radius 2 is 2.06 bits per heavy atom. The molecule has 0 radical (unpaired) electrons. The molecule has 0 spiro atoms. The van der Waals surface area contributed by atoms with Crippen molar-refractivity contribution in [2.75, 3.05) is 23.8 Å². The van der Waals surface area contributed by atoms with E-state index < -0.39 is 9.84 Å². The molecule has 5 heteroatoms. The minimum absolute atomic E-state index is 0.298. The summed E-state index contributed by atoms with van der Waals surface area (Å²) in [6.07, 6.45) is 0.828. The maximum Gasteiger partial charge on any atom is 0.150 e. The van der Waals surface area contributed by atoms with Crippen LogP contribution < -0.4 is 5.32 Å². The predicted octanol–water partition coefficient (Wildman–Crippen LogP) is 1.93. The van der Waals surface area contributed by atoms with Crippen LogP contribution in [0.25, 0.3) is 0 Å². The second-order valence-corrected chi connectivity index (χ2v) is 10.1. The molecule has 1 N–H and O–H groups in total. The Morgan fingerprint density at radius 3 is 2.53 bits per heavy atom. The van der Waals surface area contributed by atoms with Crippen LogP contribution in [0.5, 0.6) is 0 Å². The van der Waals surface area contributed by atoms with Gasteiger partial charge in [0.1, 0.15) is 0 Å². The monoisotopic (exact) mass is 279 g/mol. The van der Waals surface area contributed by atoms with Crippen molar-refractivity contribution in [3.05, 3.63) is 0 Å². The maximum atomic E-state index is 11.3. The zero-order valence-corrected chi connectivity index (χ0v) is 13.0. The number of thioether (sulfide) groups is 1. The minimum Gasteiger partial charge on any atom is -0.313 e. The summed E-state index contributed by atoms with van der Waals surface area (Å²) in [6.45, 7) is 9.66. The van der Waals surface area contributed by atoms with Crippen molar-refractivity contribution in [3.63, 3.8) is 0 Å². The summed E-state index contributed by atoms with van der Waals surface area (Å²) in [4.78, 5) is 0. The van der Waals surface area contributed by atoms with Crippen LogP contribution in [-0.4, -0.2) is 43.0 Å². The van der Waals surface area contributed by atoms with E-state index in [1.165, 1.54) is 0 Å². The second-order valence-electron chi connectivity index (χ2n) is 6.00. The molecule has 3 nitrogen and oxygen atoms in total. The Bertz CT molecular complexity index is 333. The highest BCUT2D eigenvalue weighted by atomic mass is 32.2. The van der Waals surface area contributed by atoms with Crippen molar-refractivity contribution in [2.45, 2.75) is 44.9 Å². The van der Waals surface area contributed by atoms with Gasteiger partial charge in [0.25, 0.3) is 0 Å². The van der Waals surface area contributed by atoms with Crippen LogP contribution >= 0.6 is 11.8 Å². The van der Waals surface area contributed by atoms with Crippen LogP contribution in [0.3, 0.4) is 0 Å². The van der Waals surface area contributed by atoms with Crippen molar-refractivity contribution in [1.82, 2.24) is 5.32 Å². The average molecular weight is 279 g/mol. The van der Waals surface area contributed by atoms with Gasteiger partial charge in [0.15, 0.2) is 9.84 Å². The molecule has 1 saturated heterocycles. The number of rotatable bonds is 5. The standard InChI is InChI=1S/C12H25NO2S2/c1-10(8-16-12(2,3)4)13-7-11-5-6-17(14,15)9-11/h10-11,13H,5-9H2,1-4H3/t10-,11+/m0/s1. The summed E-state index contributed by atoms with van der Waals surface area (Å²) in [5, 5.41) is 3.45. The number of hydrogen-bond donors (Lipinski definition) is 1. The first-order valence-corrected chi connectivity index (χ1v) is 9.06. The molecule has 17 heavy (non-hydrogen) atoms. The number of sulfone groups is 1. The van der Waals surface area contributed by atoms with Crippen LogP contribution in [0.4, 0.5) is 0 Å². The third kappa shape index (κ3) is 6.67. The SMILES string of the molecule is C[C@@H](CSC(C)(C)C)NC[C@H]1CCS(=O)(=O)C1. The lowest BCUT2D eigenvalue weighted by atomic mass is 10.1. The summed E-state index contributed by atoms with van der Waals surface area (Å²) in [5.41, 5.74) is 0. The van der Waals surface area contributed by atoms with E-state index in [0.717, 1.165) is 18.7 Å². The fourth-order valence-corrected chi connectivity index (χ4v) is 4.56. The minimum atomic E-state index is -2.72. The van der Waals surface area contributed by atoms with Gasteiger partial charge in [0.05, 0.1) is 11.5 Å². The molecule has 0 bridgehead atoms. The Balaban J connectivity index is 2.19. The van der Waals surface area contributed by atoms with E-state index >= 15 is 0 Å². The van der Waals surface area contributed by atoms with Crippen LogP contribution in [0.2, 0.25) is 0 Å². The molecular formula is C12H25NO2S2. The lowest BCUT2D eigenvalue weighted by Crippen LogP contribution is -2.34. The Hall–Kier alpha value is 0.260. The molecule has 1 rings (SSSR count). The van der Waals surface area contributed by atoms with Crippen molar-refractivity contribution in [2.24, 2.45) is 5.92 Å². The van der Waals surface area contributed by atoms with Gasteiger partial charge < -0.3 is 5.32 Å². The van der Waals surface area contributed by atoms with Crippen LogP contribution in [0.1, 0.15) is 34.1 Å². The highest BCUT2D eigenvalue weighted by Crippen LogP contribution is 2.24. The highest BCUT2D eigenvalue weighted by Gasteiger charge is 2.27. The fraction of sp³-hybridized carbons (Fsp3) is 1.00. The fourth-order valence-electron chi connectivity index (χ4n) is 1.83. The van der Waals surface area contributed by atoms with Crippen LogP contribution in [0.15, 0.2) is 0 Å². The molecule has 0 unspecified atom stereocenters. The summed E-state index contributed by atoms with van der Waals surface area (Å²) in [7, 11) is -2.72. The molecule has 1 heterocycles. The van der Waals surface area contributed by atoms with E-state index in [-0.39, 0.29) is 0 Å². The van der Waals surface area contributed by atoms with Crippen molar-refractivity contribution in [1.29, 1.82) is 0 Å². The van der Waals surface area contributed by atoms with E-state index in [2.05, 4.69) is 33.0 Å². The summed E-state index contributed by atoms with van der Waals surface area (Å²) in [5.74, 6) is 2.15. The van der Waals surface area contributed by atoms with Crippen molar-refractivity contribution >= 4 is 21.6 Å². The first-order valence-electron chi connectivity index (χ1n) is 6.26. The third-order valence-electron chi connectivity index (χ3n) is 2.85. The predicted molar refractivity (Wildman–Crippen MR) is 76.4 cm³/mol. The van der Waals surface area contributed by atoms with E-state index in [4.69, 9.17) is 0 Å². The van der Waals surface area contributed by atoms with Crippen molar-refractivity contribution in [3.8, 4) is 0 Å². The summed E-state index contributed by atoms with van der Waals surface area (Å²) < 4.78 is 22.9. The molecule has 0 aromatic heterocycles. The zero-order valence-electron chi connectivity index (χ0n) is 11.3. The van der Waals surface area contributed by atoms with E-state index in [1.807, 2.05) is 11.8 Å². The largest absolute Gasteiger partial charge is 0.313 e. The molecule has 102 valence electrons. The molecule has 0 aliphatic carbocycles. The number of nitrogens with one attached hydrogen (secondary N) is 1. The summed E-state index contributed by atoms with van der Waals surface area (Å²) >= 11 is 1.94. The van der Waals surface area contributed by atoms with E-state index in [0.29, 0.717) is 28.2 Å². The number of hydrogen-bond acceptors (Lipinski definition) is 4. The molecule has 1 fully saturated rings. The van der Waals surface area contributed by atoms with Gasteiger partial charge in [-0.3, -0.25) is 0 Å². The first kappa shape index (κ1) is 15.3. The van der Waals surface area contributed by atoms with Gasteiger partial charge in [-0.1, -0.05) is 20.8 Å². The highest BCUT2D eigenvalue weighted by molar-refractivity contribution is 8.00. The van der Waals surface area contributed by atoms with Crippen LogP contribution in [0, 0.1) is 5.92 Å². The molecule has 0 amide bonds. The van der Waals surface area contributed by atoms with Gasteiger partial charge in [-0.2, -0.15) is 11.8 Å². The van der Waals surface area contributed by atoms with Gasteiger partial charge in [-0.25, -0.2) is 8.42 Å². The van der Waals surface area contributed by atoms with Gasteiger partial charge in [-0.15, -0.1) is 0 Å². The summed E-state index contributed by atoms with van der Waals surface area (Å²) in [6, 6.07) is 0.447. The Morgan fingerprint density at radius 1 is 1.41 bits per heavy atom. The molecule has 1 aliphatic heterocycles. The van der Waals surface area contributed by atoms with E-state index in [1.54, 1.807) is 0 Å². The molecule has 0 saturated carbocycles. The Kier molecular flexibility index (Phi) is 5.35. The van der Waals surface area contributed by atoms with Crippen LogP contribution in [-0.2, 0) is 9.84 Å². The van der Waals surface area contributed by atoms with E-state index in [9.17, 15) is 8.42 Å². The molecule has 2 atom stereocenters. The molecule has 0 aromatic rings. The molecule has 0 aromatic carbocycles. The van der Waals surface area contributed by atoms with Gasteiger partial charge in [-0.05, 0) is 25.8 Å². The topological polar surface area (TPSA) is 46.2 Å². The third-order valence-corrected chi connectivity index (χ3v) is 6.22. The van der Waals surface area contributed by atoms with Gasteiger partial charge >= 0.3 is 0 Å². The molecular weight excluding hydrogens is 254 g/mol. The lowest BCUT2D eigenvalue weighted by Gasteiger charge is -2.22. The maximum absolute atomic E-state index is 11.3. The second kappa shape index (κ2) is 5.93.